The van der Waals surface area contributed by atoms with Crippen molar-refractivity contribution in [3.05, 3.63) is 24.3 Å². The molecule has 1 aromatic carbocycles. The van der Waals surface area contributed by atoms with Gasteiger partial charge in [-0.2, -0.15) is 0 Å². The van der Waals surface area contributed by atoms with Gasteiger partial charge in [0.25, 0.3) is 0 Å². The largest absolute Gasteiger partial charge is 0.508 e. The normalized spacial score (nSPS) is 10.5. The number of amides is 2. The Morgan fingerprint density at radius 1 is 1.14 bits per heavy atom. The Kier molecular flexibility index (Phi) is 6.02. The maximum absolute atomic E-state index is 12.5. The second kappa shape index (κ2) is 7.52. The number of benzene rings is 1. The molecule has 21 heavy (non-hydrogen) atoms. The molecule has 1 aromatic rings. The van der Waals surface area contributed by atoms with Crippen molar-refractivity contribution < 1.29 is 19.8 Å². The van der Waals surface area contributed by atoms with Gasteiger partial charge in [-0.15, -0.1) is 0 Å². The third-order valence-electron chi connectivity index (χ3n) is 3.48. The molecule has 2 amide bonds. The van der Waals surface area contributed by atoms with E-state index in [0.29, 0.717) is 5.69 Å². The van der Waals surface area contributed by atoms with Crippen molar-refractivity contribution in [1.82, 2.24) is 4.90 Å². The SMILES string of the molecule is CCC(CC)N(C)C(=O)N(CC(=O)O)c1ccc(O)cc1. The van der Waals surface area contributed by atoms with Crippen LogP contribution in [0.25, 0.3) is 0 Å². The summed E-state index contributed by atoms with van der Waals surface area (Å²) in [6.07, 6.45) is 1.60. The zero-order valence-corrected chi connectivity index (χ0v) is 12.6. The minimum absolute atomic E-state index is 0.0610. The number of hydrogen-bond acceptors (Lipinski definition) is 3. The van der Waals surface area contributed by atoms with Crippen LogP contribution in [0.15, 0.2) is 24.3 Å². The molecule has 0 atom stereocenters. The lowest BCUT2D eigenvalue weighted by Gasteiger charge is -2.32. The summed E-state index contributed by atoms with van der Waals surface area (Å²) in [5.41, 5.74) is 0.443. The van der Waals surface area contributed by atoms with Crippen LogP contribution in [0.3, 0.4) is 0 Å². The molecule has 0 radical (unpaired) electrons. The van der Waals surface area contributed by atoms with Crippen LogP contribution in [0.4, 0.5) is 10.5 Å². The zero-order chi connectivity index (χ0) is 16.0. The van der Waals surface area contributed by atoms with Gasteiger partial charge in [-0.25, -0.2) is 4.79 Å². The van der Waals surface area contributed by atoms with Gasteiger partial charge >= 0.3 is 12.0 Å². The molecule has 0 aliphatic rings. The molecule has 1 rings (SSSR count). The van der Waals surface area contributed by atoms with Gasteiger partial charge in [0.05, 0.1) is 0 Å². The minimum atomic E-state index is -1.09. The molecule has 2 N–H and O–H groups in total. The molecule has 0 saturated carbocycles. The average Bonchev–Trinajstić information content (AvgIpc) is 2.46. The lowest BCUT2D eigenvalue weighted by atomic mass is 10.1. The smallest absolute Gasteiger partial charge is 0.325 e. The van der Waals surface area contributed by atoms with E-state index in [1.54, 1.807) is 11.9 Å². The van der Waals surface area contributed by atoms with E-state index in [0.717, 1.165) is 12.8 Å². The first kappa shape index (κ1) is 16.8. The van der Waals surface area contributed by atoms with Crippen molar-refractivity contribution in [2.45, 2.75) is 32.7 Å². The summed E-state index contributed by atoms with van der Waals surface area (Å²) in [6.45, 7) is 3.55. The number of phenolic OH excluding ortho intramolecular Hbond substituents is 1. The van der Waals surface area contributed by atoms with E-state index in [4.69, 9.17) is 5.11 Å². The highest BCUT2D eigenvalue weighted by Gasteiger charge is 2.25. The van der Waals surface area contributed by atoms with Crippen molar-refractivity contribution in [1.29, 1.82) is 0 Å². The van der Waals surface area contributed by atoms with Crippen molar-refractivity contribution in [3.63, 3.8) is 0 Å². The average molecular weight is 294 g/mol. The second-order valence-corrected chi connectivity index (χ2v) is 4.86. The molecule has 0 aromatic heterocycles. The summed E-state index contributed by atoms with van der Waals surface area (Å²) in [5.74, 6) is -1.02. The van der Waals surface area contributed by atoms with Gasteiger partial charge < -0.3 is 15.1 Å². The van der Waals surface area contributed by atoms with Crippen LogP contribution in [-0.2, 0) is 4.79 Å². The highest BCUT2D eigenvalue weighted by atomic mass is 16.4. The number of carbonyl (C=O) groups excluding carboxylic acids is 1. The van der Waals surface area contributed by atoms with Crippen LogP contribution in [0.5, 0.6) is 5.75 Å². The first-order valence-corrected chi connectivity index (χ1v) is 6.95. The Bertz CT molecular complexity index is 483. The number of anilines is 1. The van der Waals surface area contributed by atoms with E-state index < -0.39 is 12.5 Å². The van der Waals surface area contributed by atoms with E-state index in [2.05, 4.69) is 0 Å². The van der Waals surface area contributed by atoms with Gasteiger partial charge in [0, 0.05) is 18.8 Å². The number of hydrogen-bond donors (Lipinski definition) is 2. The molecule has 6 nitrogen and oxygen atoms in total. The fraction of sp³-hybridized carbons (Fsp3) is 0.467. The van der Waals surface area contributed by atoms with Crippen molar-refractivity contribution in [2.24, 2.45) is 0 Å². The summed E-state index contributed by atoms with van der Waals surface area (Å²) in [7, 11) is 1.68. The van der Waals surface area contributed by atoms with Gasteiger partial charge in [-0.05, 0) is 37.1 Å². The maximum Gasteiger partial charge on any atom is 0.325 e. The number of phenols is 1. The van der Waals surface area contributed by atoms with E-state index in [1.165, 1.54) is 29.2 Å². The number of aliphatic carboxylic acids is 1. The quantitative estimate of drug-likeness (QED) is 0.844. The first-order chi connectivity index (χ1) is 9.90. The molecule has 6 heteroatoms. The molecular weight excluding hydrogens is 272 g/mol. The predicted molar refractivity (Wildman–Crippen MR) is 80.6 cm³/mol. The number of carbonyl (C=O) groups is 2. The Morgan fingerprint density at radius 2 is 1.67 bits per heavy atom. The zero-order valence-electron chi connectivity index (χ0n) is 12.6. The van der Waals surface area contributed by atoms with Crippen LogP contribution < -0.4 is 4.90 Å². The standard InChI is InChI=1S/C15H22N2O4/c1-4-11(5-2)16(3)15(21)17(10-14(19)20)12-6-8-13(18)9-7-12/h6-9,11,18H,4-5,10H2,1-3H3,(H,19,20). The lowest BCUT2D eigenvalue weighted by molar-refractivity contribution is -0.135. The van der Waals surface area contributed by atoms with Crippen LogP contribution >= 0.6 is 0 Å². The molecule has 0 fully saturated rings. The number of aromatic hydroxyl groups is 1. The number of rotatable bonds is 6. The third kappa shape index (κ3) is 4.37. The molecule has 0 aliphatic heterocycles. The Morgan fingerprint density at radius 3 is 2.10 bits per heavy atom. The van der Waals surface area contributed by atoms with Crippen molar-refractivity contribution in [2.75, 3.05) is 18.5 Å². The first-order valence-electron chi connectivity index (χ1n) is 6.95. The highest BCUT2D eigenvalue weighted by Crippen LogP contribution is 2.20. The third-order valence-corrected chi connectivity index (χ3v) is 3.48. The second-order valence-electron chi connectivity index (χ2n) is 4.86. The minimum Gasteiger partial charge on any atom is -0.508 e. The number of urea groups is 1. The van der Waals surface area contributed by atoms with Gasteiger partial charge in [-0.3, -0.25) is 9.69 Å². The Labute approximate surface area is 124 Å². The van der Waals surface area contributed by atoms with E-state index >= 15 is 0 Å². The summed E-state index contributed by atoms with van der Waals surface area (Å²) >= 11 is 0. The van der Waals surface area contributed by atoms with Crippen molar-refractivity contribution in [3.8, 4) is 5.75 Å². The van der Waals surface area contributed by atoms with Gasteiger partial charge in [0.1, 0.15) is 12.3 Å². The van der Waals surface area contributed by atoms with E-state index in [-0.39, 0.29) is 17.8 Å². The summed E-state index contributed by atoms with van der Waals surface area (Å²) in [4.78, 5) is 26.3. The molecule has 0 unspecified atom stereocenters. The number of carboxylic acids is 1. The molecule has 0 aliphatic carbocycles. The highest BCUT2D eigenvalue weighted by molar-refractivity contribution is 5.96. The molecular formula is C15H22N2O4. The van der Waals surface area contributed by atoms with E-state index in [1.807, 2.05) is 13.8 Å². The monoisotopic (exact) mass is 294 g/mol. The van der Waals surface area contributed by atoms with Gasteiger partial charge in [-0.1, -0.05) is 13.8 Å². The number of carboxylic acid groups (broad SMARTS) is 1. The molecule has 0 heterocycles. The molecule has 116 valence electrons. The fourth-order valence-corrected chi connectivity index (χ4v) is 2.22. The van der Waals surface area contributed by atoms with E-state index in [9.17, 15) is 14.7 Å². The predicted octanol–water partition coefficient (Wildman–Crippen LogP) is 2.52. The Hall–Kier alpha value is -2.24. The summed E-state index contributed by atoms with van der Waals surface area (Å²) in [5, 5.41) is 18.3. The van der Waals surface area contributed by atoms with Crippen molar-refractivity contribution >= 4 is 17.7 Å². The lowest BCUT2D eigenvalue weighted by Crippen LogP contribution is -2.47. The topological polar surface area (TPSA) is 81.1 Å². The number of nitrogens with zero attached hydrogens (tertiary/aromatic N) is 2. The van der Waals surface area contributed by atoms with Crippen LogP contribution in [0.1, 0.15) is 26.7 Å². The molecule has 0 spiro atoms. The maximum atomic E-state index is 12.5. The Balaban J connectivity index is 3.04. The van der Waals surface area contributed by atoms with Crippen LogP contribution in [0, 0.1) is 0 Å². The van der Waals surface area contributed by atoms with Crippen LogP contribution in [0.2, 0.25) is 0 Å². The molecule has 0 bridgehead atoms. The van der Waals surface area contributed by atoms with Gasteiger partial charge in [0.15, 0.2) is 0 Å². The van der Waals surface area contributed by atoms with Gasteiger partial charge in [0.2, 0.25) is 0 Å². The van der Waals surface area contributed by atoms with Crippen LogP contribution in [-0.4, -0.2) is 46.7 Å². The fourth-order valence-electron chi connectivity index (χ4n) is 2.22. The summed E-state index contributed by atoms with van der Waals surface area (Å²) in [6, 6.07) is 5.60. The molecule has 0 saturated heterocycles. The summed E-state index contributed by atoms with van der Waals surface area (Å²) < 4.78 is 0.